The molecule has 27 heavy (non-hydrogen) atoms. The van der Waals surface area contributed by atoms with E-state index in [0.29, 0.717) is 18.8 Å². The van der Waals surface area contributed by atoms with Crippen LogP contribution in [0.4, 0.5) is 5.69 Å². The van der Waals surface area contributed by atoms with Gasteiger partial charge in [0.25, 0.3) is 0 Å². The van der Waals surface area contributed by atoms with Crippen molar-refractivity contribution in [2.45, 2.75) is 42.7 Å². The first-order valence-corrected chi connectivity index (χ1v) is 11.2. The van der Waals surface area contributed by atoms with Gasteiger partial charge in [0, 0.05) is 23.7 Å². The summed E-state index contributed by atoms with van der Waals surface area (Å²) in [4.78, 5) is 13.7. The van der Waals surface area contributed by atoms with Crippen LogP contribution >= 0.6 is 11.8 Å². The van der Waals surface area contributed by atoms with Crippen LogP contribution in [0.3, 0.4) is 0 Å². The van der Waals surface area contributed by atoms with Gasteiger partial charge in [0.05, 0.1) is 10.1 Å². The van der Waals surface area contributed by atoms with Crippen LogP contribution in [-0.2, 0) is 14.8 Å². The summed E-state index contributed by atoms with van der Waals surface area (Å²) in [5, 5.41) is 2.57. The number of rotatable bonds is 8. The smallest absolute Gasteiger partial charge is 0.243 e. The second-order valence-electron chi connectivity index (χ2n) is 6.18. The molecule has 1 N–H and O–H groups in total. The number of anilines is 1. The monoisotopic (exact) mass is 406 g/mol. The Labute approximate surface area is 166 Å². The zero-order valence-corrected chi connectivity index (χ0v) is 17.7. The lowest BCUT2D eigenvalue weighted by Gasteiger charge is -2.18. The van der Waals surface area contributed by atoms with Crippen molar-refractivity contribution in [2.75, 3.05) is 18.4 Å². The normalized spacial score (nSPS) is 12.8. The summed E-state index contributed by atoms with van der Waals surface area (Å²) in [7, 11) is -3.49. The number of thioether (sulfide) groups is 1. The zero-order valence-electron chi connectivity index (χ0n) is 16.1. The molecule has 0 saturated carbocycles. The maximum Gasteiger partial charge on any atom is 0.243 e. The third-order valence-corrected chi connectivity index (χ3v) is 7.34. The number of nitrogens with one attached hydrogen (secondary N) is 1. The number of carbonyl (C=O) groups excluding carboxylic acids is 1. The lowest BCUT2D eigenvalue weighted by Crippen LogP contribution is -2.30. The lowest BCUT2D eigenvalue weighted by molar-refractivity contribution is -0.115. The fraction of sp³-hybridized carbons (Fsp3) is 0.350. The Kier molecular flexibility index (Phi) is 7.47. The first-order chi connectivity index (χ1) is 12.8. The van der Waals surface area contributed by atoms with E-state index in [1.165, 1.54) is 33.8 Å². The van der Waals surface area contributed by atoms with Gasteiger partial charge in [0.1, 0.15) is 0 Å². The van der Waals surface area contributed by atoms with Crippen LogP contribution in [0.15, 0.2) is 58.3 Å². The molecule has 0 heterocycles. The third kappa shape index (κ3) is 5.57. The van der Waals surface area contributed by atoms with Crippen molar-refractivity contribution in [3.05, 3.63) is 54.1 Å². The highest BCUT2D eigenvalue weighted by atomic mass is 32.2. The summed E-state index contributed by atoms with van der Waals surface area (Å²) in [5.41, 5.74) is 1.76. The highest BCUT2D eigenvalue weighted by molar-refractivity contribution is 8.00. The quantitative estimate of drug-likeness (QED) is 0.669. The fourth-order valence-corrected chi connectivity index (χ4v) is 4.87. The molecule has 0 aliphatic carbocycles. The summed E-state index contributed by atoms with van der Waals surface area (Å²) in [6.07, 6.45) is 0. The molecule has 0 aliphatic rings. The van der Waals surface area contributed by atoms with E-state index in [-0.39, 0.29) is 16.1 Å². The molecule has 0 unspecified atom stereocenters. The minimum atomic E-state index is -3.49. The first-order valence-electron chi connectivity index (χ1n) is 8.92. The van der Waals surface area contributed by atoms with Gasteiger partial charge in [-0.15, -0.1) is 11.8 Å². The molecule has 0 radical (unpaired) electrons. The van der Waals surface area contributed by atoms with Gasteiger partial charge in [-0.05, 0) is 50.2 Å². The van der Waals surface area contributed by atoms with E-state index < -0.39 is 10.0 Å². The Morgan fingerprint density at radius 3 is 2.11 bits per heavy atom. The second kappa shape index (κ2) is 9.39. The van der Waals surface area contributed by atoms with Gasteiger partial charge >= 0.3 is 0 Å². The first kappa shape index (κ1) is 21.5. The molecular weight excluding hydrogens is 380 g/mol. The molecule has 0 fully saturated rings. The minimum Gasteiger partial charge on any atom is -0.325 e. The number of carbonyl (C=O) groups is 1. The molecule has 2 aromatic rings. The Balaban J connectivity index is 2.03. The van der Waals surface area contributed by atoms with Crippen molar-refractivity contribution < 1.29 is 13.2 Å². The lowest BCUT2D eigenvalue weighted by atomic mass is 10.2. The van der Waals surface area contributed by atoms with Gasteiger partial charge in [-0.1, -0.05) is 31.5 Å². The van der Waals surface area contributed by atoms with Gasteiger partial charge in [-0.25, -0.2) is 8.42 Å². The molecule has 7 heteroatoms. The molecule has 1 atom stereocenters. The average molecular weight is 407 g/mol. The van der Waals surface area contributed by atoms with E-state index in [2.05, 4.69) is 5.32 Å². The van der Waals surface area contributed by atoms with Crippen molar-refractivity contribution in [2.24, 2.45) is 0 Å². The summed E-state index contributed by atoms with van der Waals surface area (Å²) in [5.74, 6) is -0.125. The number of hydrogen-bond donors (Lipinski definition) is 1. The number of nitrogens with zero attached hydrogens (tertiary/aromatic N) is 1. The highest BCUT2D eigenvalue weighted by Crippen LogP contribution is 2.25. The highest BCUT2D eigenvalue weighted by Gasteiger charge is 2.21. The van der Waals surface area contributed by atoms with E-state index in [1.54, 1.807) is 12.1 Å². The topological polar surface area (TPSA) is 66.5 Å². The van der Waals surface area contributed by atoms with Crippen LogP contribution < -0.4 is 5.32 Å². The molecule has 1 amide bonds. The Morgan fingerprint density at radius 1 is 1.04 bits per heavy atom. The molecule has 146 valence electrons. The van der Waals surface area contributed by atoms with Crippen molar-refractivity contribution in [3.63, 3.8) is 0 Å². The Bertz CT molecular complexity index is 859. The van der Waals surface area contributed by atoms with Crippen LogP contribution in [-0.4, -0.2) is 37.0 Å². The zero-order chi connectivity index (χ0) is 20.0. The predicted octanol–water partition coefficient (Wildman–Crippen LogP) is 4.14. The summed E-state index contributed by atoms with van der Waals surface area (Å²) in [6, 6.07) is 14.3. The third-order valence-electron chi connectivity index (χ3n) is 4.17. The number of amides is 1. The van der Waals surface area contributed by atoms with E-state index in [9.17, 15) is 13.2 Å². The largest absolute Gasteiger partial charge is 0.325 e. The molecular formula is C20H26N2O3S2. The second-order valence-corrected chi connectivity index (χ2v) is 9.53. The Morgan fingerprint density at radius 2 is 1.59 bits per heavy atom. The van der Waals surface area contributed by atoms with Crippen LogP contribution in [0.1, 0.15) is 26.3 Å². The fourth-order valence-electron chi connectivity index (χ4n) is 2.54. The molecule has 5 nitrogen and oxygen atoms in total. The summed E-state index contributed by atoms with van der Waals surface area (Å²) >= 11 is 1.48. The van der Waals surface area contributed by atoms with Crippen LogP contribution in [0.25, 0.3) is 0 Å². The maximum atomic E-state index is 12.5. The average Bonchev–Trinajstić information content (AvgIpc) is 2.64. The number of sulfonamides is 1. The molecule has 0 spiro atoms. The van der Waals surface area contributed by atoms with E-state index in [0.717, 1.165) is 4.90 Å². The molecule has 0 saturated heterocycles. The van der Waals surface area contributed by atoms with Crippen molar-refractivity contribution in [3.8, 4) is 0 Å². The van der Waals surface area contributed by atoms with Gasteiger partial charge in [0.2, 0.25) is 15.9 Å². The summed E-state index contributed by atoms with van der Waals surface area (Å²) < 4.78 is 26.4. The van der Waals surface area contributed by atoms with Crippen LogP contribution in [0.5, 0.6) is 0 Å². The van der Waals surface area contributed by atoms with Crippen LogP contribution in [0, 0.1) is 6.92 Å². The Hall–Kier alpha value is -1.83. The molecule has 0 bridgehead atoms. The van der Waals surface area contributed by atoms with Gasteiger partial charge in [-0.3, -0.25) is 4.79 Å². The SMILES string of the molecule is CCN(CC)S(=O)(=O)c1ccc(NC(=O)[C@@H](C)Sc2ccc(C)cc2)cc1. The van der Waals surface area contributed by atoms with Gasteiger partial charge < -0.3 is 5.32 Å². The molecule has 0 aliphatic heterocycles. The summed E-state index contributed by atoms with van der Waals surface area (Å²) in [6.45, 7) is 8.33. The molecule has 0 aromatic heterocycles. The molecule has 2 rings (SSSR count). The maximum absolute atomic E-state index is 12.5. The number of hydrogen-bond acceptors (Lipinski definition) is 4. The predicted molar refractivity (Wildman–Crippen MR) is 112 cm³/mol. The molecule has 2 aromatic carbocycles. The van der Waals surface area contributed by atoms with Crippen molar-refractivity contribution in [1.82, 2.24) is 4.31 Å². The minimum absolute atomic E-state index is 0.125. The van der Waals surface area contributed by atoms with E-state index >= 15 is 0 Å². The number of aryl methyl sites for hydroxylation is 1. The van der Waals surface area contributed by atoms with Gasteiger partial charge in [0.15, 0.2) is 0 Å². The van der Waals surface area contributed by atoms with E-state index in [4.69, 9.17) is 0 Å². The number of benzene rings is 2. The van der Waals surface area contributed by atoms with Gasteiger partial charge in [-0.2, -0.15) is 4.31 Å². The standard InChI is InChI=1S/C20H26N2O3S2/c1-5-22(6-2)27(24,25)19-13-9-17(10-14-19)21-20(23)16(4)26-18-11-7-15(3)8-12-18/h7-14,16H,5-6H2,1-4H3,(H,21,23)/t16-/m1/s1. The van der Waals surface area contributed by atoms with E-state index in [1.807, 2.05) is 52.0 Å². The van der Waals surface area contributed by atoms with Crippen molar-refractivity contribution >= 4 is 33.4 Å². The van der Waals surface area contributed by atoms with Crippen molar-refractivity contribution in [1.29, 1.82) is 0 Å². The van der Waals surface area contributed by atoms with Crippen LogP contribution in [0.2, 0.25) is 0 Å².